The van der Waals surface area contributed by atoms with Gasteiger partial charge in [-0.3, -0.25) is 0 Å². The third kappa shape index (κ3) is 3.85. The first-order valence-electron chi connectivity index (χ1n) is 9.34. The number of hydrogen-bond donors (Lipinski definition) is 2. The van der Waals surface area contributed by atoms with Crippen LogP contribution < -0.4 is 15.2 Å². The van der Waals surface area contributed by atoms with Crippen LogP contribution >= 0.6 is 15.9 Å². The topological polar surface area (TPSA) is 88.5 Å². The number of fused-ring (bicyclic) bond motifs is 1. The Hall–Kier alpha value is -3.43. The van der Waals surface area contributed by atoms with Gasteiger partial charge >= 0.3 is 0 Å². The third-order valence-electron chi connectivity index (χ3n) is 5.01. The molecule has 30 heavy (non-hydrogen) atoms. The lowest BCUT2D eigenvalue weighted by atomic mass is 9.83. The molecule has 0 bridgehead atoms. The van der Waals surface area contributed by atoms with Gasteiger partial charge in [0.1, 0.15) is 35.5 Å². The maximum absolute atomic E-state index is 9.78. The molecule has 0 aromatic heterocycles. The van der Waals surface area contributed by atoms with Gasteiger partial charge in [-0.15, -0.1) is 0 Å². The minimum Gasteiger partial charge on any atom is -0.508 e. The molecular weight excluding hydrogens is 444 g/mol. The van der Waals surface area contributed by atoms with Crippen LogP contribution in [0.4, 0.5) is 0 Å². The molecule has 0 aliphatic carbocycles. The van der Waals surface area contributed by atoms with E-state index < -0.39 is 5.92 Å². The van der Waals surface area contributed by atoms with Crippen molar-refractivity contribution in [1.82, 2.24) is 0 Å². The molecule has 0 saturated carbocycles. The minimum absolute atomic E-state index is 0.0384. The number of rotatable bonds is 4. The number of ether oxygens (including phenoxy) is 2. The molecule has 6 heteroatoms. The zero-order valence-corrected chi connectivity index (χ0v) is 17.8. The zero-order chi connectivity index (χ0) is 21.3. The summed E-state index contributed by atoms with van der Waals surface area (Å²) in [5.74, 6) is 0.847. The summed E-state index contributed by atoms with van der Waals surface area (Å²) >= 11 is 3.58. The molecule has 0 unspecified atom stereocenters. The molecule has 1 aliphatic rings. The summed E-state index contributed by atoms with van der Waals surface area (Å²) in [6.07, 6.45) is 0. The van der Waals surface area contributed by atoms with Gasteiger partial charge in [0, 0.05) is 11.6 Å². The Labute approximate surface area is 183 Å². The highest BCUT2D eigenvalue weighted by molar-refractivity contribution is 9.10. The monoisotopic (exact) mass is 462 g/mol. The number of nitrogens with zero attached hydrogens (tertiary/aromatic N) is 1. The molecule has 1 atom stereocenters. The second kappa shape index (κ2) is 8.13. The second-order valence-electron chi connectivity index (χ2n) is 7.11. The van der Waals surface area contributed by atoms with Crippen LogP contribution in [0.25, 0.3) is 0 Å². The predicted octanol–water partition coefficient (Wildman–Crippen LogP) is 5.26. The van der Waals surface area contributed by atoms with Crippen molar-refractivity contribution in [3.05, 3.63) is 98.8 Å². The number of phenols is 1. The fourth-order valence-corrected chi connectivity index (χ4v) is 3.96. The van der Waals surface area contributed by atoms with E-state index in [0.29, 0.717) is 23.7 Å². The Morgan fingerprint density at radius 1 is 1.13 bits per heavy atom. The Morgan fingerprint density at radius 2 is 1.90 bits per heavy atom. The molecule has 1 aliphatic heterocycles. The largest absolute Gasteiger partial charge is 0.508 e. The summed E-state index contributed by atoms with van der Waals surface area (Å²) in [5.41, 5.74) is 10.2. The number of aryl methyl sites for hydroxylation is 1. The van der Waals surface area contributed by atoms with E-state index in [4.69, 9.17) is 15.2 Å². The van der Waals surface area contributed by atoms with Crippen molar-refractivity contribution in [2.45, 2.75) is 19.4 Å². The molecule has 4 rings (SSSR count). The van der Waals surface area contributed by atoms with Crippen molar-refractivity contribution < 1.29 is 14.6 Å². The van der Waals surface area contributed by atoms with Crippen molar-refractivity contribution in [2.24, 2.45) is 5.73 Å². The van der Waals surface area contributed by atoms with Gasteiger partial charge in [0.15, 0.2) is 0 Å². The van der Waals surface area contributed by atoms with Crippen molar-refractivity contribution in [3.63, 3.8) is 0 Å². The molecule has 3 aromatic carbocycles. The van der Waals surface area contributed by atoms with Crippen LogP contribution in [0.15, 0.2) is 76.6 Å². The van der Waals surface area contributed by atoms with E-state index >= 15 is 0 Å². The molecule has 1 heterocycles. The summed E-state index contributed by atoms with van der Waals surface area (Å²) in [6.45, 7) is 2.50. The fourth-order valence-electron chi connectivity index (χ4n) is 3.45. The molecular formula is C24H19BrN2O3. The first-order valence-corrected chi connectivity index (χ1v) is 10.1. The number of phenolic OH excluding ortho intramolecular Hbond substituents is 1. The van der Waals surface area contributed by atoms with Crippen LogP contribution in [0.2, 0.25) is 0 Å². The molecule has 0 radical (unpaired) electrons. The number of nitrogens with two attached hydrogens (primary N) is 1. The fraction of sp³-hybridized carbons (Fsp3) is 0.125. The van der Waals surface area contributed by atoms with E-state index in [1.165, 1.54) is 11.6 Å². The summed E-state index contributed by atoms with van der Waals surface area (Å²) in [7, 11) is 0. The number of nitriles is 1. The van der Waals surface area contributed by atoms with Crippen LogP contribution in [-0.4, -0.2) is 5.11 Å². The van der Waals surface area contributed by atoms with Crippen LogP contribution in [0.3, 0.4) is 0 Å². The van der Waals surface area contributed by atoms with Crippen molar-refractivity contribution in [1.29, 1.82) is 5.26 Å². The van der Waals surface area contributed by atoms with E-state index in [-0.39, 0.29) is 11.6 Å². The Morgan fingerprint density at radius 3 is 2.60 bits per heavy atom. The summed E-state index contributed by atoms with van der Waals surface area (Å²) in [6, 6.07) is 20.9. The highest BCUT2D eigenvalue weighted by Gasteiger charge is 2.31. The summed E-state index contributed by atoms with van der Waals surface area (Å²) in [4.78, 5) is 0. The highest BCUT2D eigenvalue weighted by Crippen LogP contribution is 2.44. The number of benzene rings is 3. The lowest BCUT2D eigenvalue weighted by Gasteiger charge is -2.26. The molecule has 3 aromatic rings. The van der Waals surface area contributed by atoms with E-state index in [1.807, 2.05) is 37.3 Å². The third-order valence-corrected chi connectivity index (χ3v) is 5.63. The minimum atomic E-state index is -0.401. The van der Waals surface area contributed by atoms with Gasteiger partial charge in [0.05, 0.1) is 10.4 Å². The average molecular weight is 463 g/mol. The Balaban J connectivity index is 1.65. The number of halogens is 1. The van der Waals surface area contributed by atoms with Gasteiger partial charge in [-0.1, -0.05) is 42.0 Å². The standard InChI is InChI=1S/C24H19BrN2O3/c1-14-2-4-15(5-3-14)13-29-21-9-6-16(10-20(21)25)23-18-8-7-17(28)11-22(18)30-24(27)19(23)12-26/h2-11,23,28H,13,27H2,1H3/t23-/m0/s1. The molecule has 0 amide bonds. The number of hydrogen-bond acceptors (Lipinski definition) is 5. The zero-order valence-electron chi connectivity index (χ0n) is 16.2. The molecule has 0 spiro atoms. The number of allylic oxidation sites excluding steroid dienone is 1. The van der Waals surface area contributed by atoms with Crippen molar-refractivity contribution in [2.75, 3.05) is 0 Å². The van der Waals surface area contributed by atoms with E-state index in [9.17, 15) is 10.4 Å². The number of aromatic hydroxyl groups is 1. The van der Waals surface area contributed by atoms with Crippen LogP contribution in [-0.2, 0) is 6.61 Å². The second-order valence-corrected chi connectivity index (χ2v) is 7.97. The first kappa shape index (κ1) is 19.9. The van der Waals surface area contributed by atoms with E-state index in [2.05, 4.69) is 34.1 Å². The van der Waals surface area contributed by atoms with Crippen molar-refractivity contribution in [3.8, 4) is 23.3 Å². The smallest absolute Gasteiger partial charge is 0.205 e. The van der Waals surface area contributed by atoms with Crippen LogP contribution in [0.5, 0.6) is 17.2 Å². The molecule has 0 fully saturated rings. The molecule has 0 saturated heterocycles. The van der Waals surface area contributed by atoms with Gasteiger partial charge < -0.3 is 20.3 Å². The quantitative estimate of drug-likeness (QED) is 0.551. The highest BCUT2D eigenvalue weighted by atomic mass is 79.9. The van der Waals surface area contributed by atoms with Crippen molar-refractivity contribution >= 4 is 15.9 Å². The lowest BCUT2D eigenvalue weighted by molar-refractivity contribution is 0.304. The maximum Gasteiger partial charge on any atom is 0.205 e. The summed E-state index contributed by atoms with van der Waals surface area (Å²) < 4.78 is 12.3. The average Bonchev–Trinajstić information content (AvgIpc) is 2.73. The Kier molecular flexibility index (Phi) is 5.39. The SMILES string of the molecule is Cc1ccc(COc2ccc([C@@H]3C(C#N)=C(N)Oc4cc(O)ccc43)cc2Br)cc1. The molecule has 3 N–H and O–H groups in total. The van der Waals surface area contributed by atoms with Crippen LogP contribution in [0.1, 0.15) is 28.2 Å². The summed E-state index contributed by atoms with van der Waals surface area (Å²) in [5, 5.41) is 19.5. The van der Waals surface area contributed by atoms with E-state index in [0.717, 1.165) is 21.2 Å². The van der Waals surface area contributed by atoms with Gasteiger partial charge in [-0.2, -0.15) is 5.26 Å². The molecule has 150 valence electrons. The van der Waals surface area contributed by atoms with Gasteiger partial charge in [-0.05, 0) is 52.2 Å². The van der Waals surface area contributed by atoms with Gasteiger partial charge in [-0.25, -0.2) is 0 Å². The Bertz CT molecular complexity index is 1180. The normalized spacial score (nSPS) is 15.2. The lowest BCUT2D eigenvalue weighted by Crippen LogP contribution is -2.21. The van der Waals surface area contributed by atoms with E-state index in [1.54, 1.807) is 12.1 Å². The predicted molar refractivity (Wildman–Crippen MR) is 117 cm³/mol. The van der Waals surface area contributed by atoms with Gasteiger partial charge in [0.25, 0.3) is 0 Å². The van der Waals surface area contributed by atoms with Gasteiger partial charge in [0.2, 0.25) is 5.88 Å². The molecule has 5 nitrogen and oxygen atoms in total. The first-order chi connectivity index (χ1) is 14.5. The maximum atomic E-state index is 9.78. The van der Waals surface area contributed by atoms with Crippen LogP contribution in [0, 0.1) is 18.3 Å².